The van der Waals surface area contributed by atoms with Crippen LogP contribution in [-0.2, 0) is 0 Å². The molecule has 0 saturated carbocycles. The van der Waals surface area contributed by atoms with Crippen molar-refractivity contribution in [2.75, 3.05) is 4.90 Å². The molecule has 1 saturated heterocycles. The number of benzene rings is 2. The van der Waals surface area contributed by atoms with Gasteiger partial charge in [0.2, 0.25) is 0 Å². The van der Waals surface area contributed by atoms with Crippen molar-refractivity contribution in [1.82, 2.24) is 14.9 Å². The molecule has 2 aromatic heterocycles. The first-order valence-electron chi connectivity index (χ1n) is 10.1. The smallest absolute Gasteiger partial charge is 0.174 e. The molecule has 2 atom stereocenters. The van der Waals surface area contributed by atoms with Crippen LogP contribution >= 0.6 is 12.2 Å². The first-order chi connectivity index (χ1) is 15.1. The van der Waals surface area contributed by atoms with Crippen molar-refractivity contribution in [2.45, 2.75) is 19.0 Å². The zero-order chi connectivity index (χ0) is 21.4. The molecule has 0 spiro atoms. The molecular formula is C25H21FN4S. The van der Waals surface area contributed by atoms with E-state index in [1.54, 1.807) is 18.3 Å². The number of rotatable bonds is 4. The van der Waals surface area contributed by atoms with Crippen LogP contribution in [0.15, 0.2) is 91.3 Å². The summed E-state index contributed by atoms with van der Waals surface area (Å²) in [7, 11) is 0. The number of hydrogen-bond acceptors (Lipinski definition) is 2. The van der Waals surface area contributed by atoms with Crippen LogP contribution in [0.5, 0.6) is 0 Å². The quantitative estimate of drug-likeness (QED) is 0.435. The van der Waals surface area contributed by atoms with Crippen molar-refractivity contribution in [1.29, 1.82) is 0 Å². The van der Waals surface area contributed by atoms with Crippen LogP contribution in [0.4, 0.5) is 10.1 Å². The lowest BCUT2D eigenvalue weighted by Gasteiger charge is -2.29. The van der Waals surface area contributed by atoms with E-state index in [2.05, 4.69) is 52.1 Å². The summed E-state index contributed by atoms with van der Waals surface area (Å²) in [5, 5.41) is 3.86. The van der Waals surface area contributed by atoms with Gasteiger partial charge in [0.15, 0.2) is 5.11 Å². The van der Waals surface area contributed by atoms with Crippen LogP contribution < -0.4 is 10.2 Å². The molecule has 31 heavy (non-hydrogen) atoms. The molecule has 4 aromatic rings. The highest BCUT2D eigenvalue weighted by Gasteiger charge is 2.42. The Balaban J connectivity index is 1.68. The maximum Gasteiger partial charge on any atom is 0.174 e. The fourth-order valence-corrected chi connectivity index (χ4v) is 4.48. The number of halogens is 1. The molecule has 1 N–H and O–H groups in total. The van der Waals surface area contributed by atoms with E-state index in [1.807, 2.05) is 41.4 Å². The molecule has 0 aliphatic carbocycles. The molecule has 2 unspecified atom stereocenters. The number of pyridine rings is 1. The molecule has 2 aromatic carbocycles. The van der Waals surface area contributed by atoms with Crippen molar-refractivity contribution in [3.63, 3.8) is 0 Å². The average Bonchev–Trinajstić information content (AvgIpc) is 3.40. The number of para-hydroxylation sites is 1. The van der Waals surface area contributed by atoms with Gasteiger partial charge in [-0.3, -0.25) is 4.98 Å². The molecule has 0 amide bonds. The Morgan fingerprint density at radius 3 is 2.45 bits per heavy atom. The summed E-state index contributed by atoms with van der Waals surface area (Å²) >= 11 is 5.70. The Hall–Kier alpha value is -3.51. The first-order valence-corrected chi connectivity index (χ1v) is 10.5. The van der Waals surface area contributed by atoms with Crippen LogP contribution in [-0.4, -0.2) is 14.7 Å². The third-order valence-electron chi connectivity index (χ3n) is 5.61. The summed E-state index contributed by atoms with van der Waals surface area (Å²) < 4.78 is 17.0. The molecule has 5 rings (SSSR count). The Bertz CT molecular complexity index is 1220. The third kappa shape index (κ3) is 3.49. The van der Waals surface area contributed by atoms with Crippen LogP contribution in [0.1, 0.15) is 29.0 Å². The monoisotopic (exact) mass is 428 g/mol. The lowest BCUT2D eigenvalue weighted by atomic mass is 10.0. The van der Waals surface area contributed by atoms with Gasteiger partial charge in [-0.05, 0) is 67.7 Å². The van der Waals surface area contributed by atoms with E-state index in [-0.39, 0.29) is 17.9 Å². The van der Waals surface area contributed by atoms with Gasteiger partial charge >= 0.3 is 0 Å². The van der Waals surface area contributed by atoms with Crippen molar-refractivity contribution in [3.05, 3.63) is 114 Å². The predicted octanol–water partition coefficient (Wildman–Crippen LogP) is 5.50. The van der Waals surface area contributed by atoms with E-state index < -0.39 is 0 Å². The maximum atomic E-state index is 14.9. The lowest BCUT2D eigenvalue weighted by molar-refractivity contribution is 0.542. The molecule has 1 aliphatic heterocycles. The standard InChI is InChI=1S/C25H21FN4S/c1-17-11-13-18(14-12-17)29-16-6-10-22(29)24-23(20-8-4-5-15-27-20)28-25(31)30(24)21-9-3-2-7-19(21)26/h2-16,23-24H,1H3,(H,28,31). The number of hydrogen-bond donors (Lipinski definition) is 1. The number of anilines is 1. The summed E-state index contributed by atoms with van der Waals surface area (Å²) in [4.78, 5) is 6.43. The summed E-state index contributed by atoms with van der Waals surface area (Å²) in [6.45, 7) is 2.07. The number of nitrogens with one attached hydrogen (secondary N) is 1. The van der Waals surface area contributed by atoms with E-state index >= 15 is 0 Å². The van der Waals surface area contributed by atoms with Gasteiger partial charge in [0.05, 0.1) is 17.4 Å². The molecule has 0 radical (unpaired) electrons. The highest BCUT2D eigenvalue weighted by Crippen LogP contribution is 2.42. The number of nitrogens with zero attached hydrogens (tertiary/aromatic N) is 3. The van der Waals surface area contributed by atoms with Gasteiger partial charge in [-0.25, -0.2) is 4.39 Å². The molecule has 3 heterocycles. The van der Waals surface area contributed by atoms with Crippen molar-refractivity contribution < 1.29 is 4.39 Å². The first kappa shape index (κ1) is 19.5. The second-order valence-electron chi connectivity index (χ2n) is 7.59. The number of aromatic nitrogens is 2. The van der Waals surface area contributed by atoms with E-state index in [0.29, 0.717) is 10.8 Å². The third-order valence-corrected chi connectivity index (χ3v) is 5.92. The van der Waals surface area contributed by atoms with Crippen molar-refractivity contribution >= 4 is 23.0 Å². The molecular weight excluding hydrogens is 407 g/mol. The fourth-order valence-electron chi connectivity index (χ4n) is 4.14. The van der Waals surface area contributed by atoms with Crippen molar-refractivity contribution in [3.8, 4) is 5.69 Å². The SMILES string of the molecule is Cc1ccc(-n2cccc2C2C(c3ccccn3)NC(=S)N2c2ccccc2F)cc1. The van der Waals surface area contributed by atoms with Crippen molar-refractivity contribution in [2.24, 2.45) is 0 Å². The van der Waals surface area contributed by atoms with Crippen LogP contribution in [0, 0.1) is 12.7 Å². The molecule has 0 bridgehead atoms. The van der Waals surface area contributed by atoms with Gasteiger partial charge < -0.3 is 14.8 Å². The Labute approximate surface area is 186 Å². The zero-order valence-electron chi connectivity index (χ0n) is 16.9. The maximum absolute atomic E-state index is 14.9. The number of aryl methyl sites for hydroxylation is 1. The largest absolute Gasteiger partial charge is 0.351 e. The van der Waals surface area contributed by atoms with E-state index in [0.717, 1.165) is 17.1 Å². The minimum absolute atomic E-state index is 0.229. The average molecular weight is 429 g/mol. The lowest BCUT2D eigenvalue weighted by Crippen LogP contribution is -2.31. The second-order valence-corrected chi connectivity index (χ2v) is 7.97. The van der Waals surface area contributed by atoms with Crippen LogP contribution in [0.3, 0.4) is 0 Å². The minimum atomic E-state index is -0.313. The van der Waals surface area contributed by atoms with Crippen LogP contribution in [0.25, 0.3) is 5.69 Å². The number of thiocarbonyl (C=S) groups is 1. The normalized spacial score (nSPS) is 18.3. The van der Waals surface area contributed by atoms with Gasteiger partial charge in [0.25, 0.3) is 0 Å². The molecule has 1 aliphatic rings. The highest BCUT2D eigenvalue weighted by molar-refractivity contribution is 7.80. The Morgan fingerprint density at radius 1 is 0.935 bits per heavy atom. The summed E-state index contributed by atoms with van der Waals surface area (Å²) in [6.07, 6.45) is 3.79. The van der Waals surface area contributed by atoms with Gasteiger partial charge in [-0.15, -0.1) is 0 Å². The predicted molar refractivity (Wildman–Crippen MR) is 125 cm³/mol. The van der Waals surface area contributed by atoms with Crippen LogP contribution in [0.2, 0.25) is 0 Å². The van der Waals surface area contributed by atoms with E-state index in [4.69, 9.17) is 12.2 Å². The van der Waals surface area contributed by atoms with Gasteiger partial charge in [0, 0.05) is 23.8 Å². The summed E-state index contributed by atoms with van der Waals surface area (Å²) in [5.41, 5.74) is 4.53. The molecule has 154 valence electrons. The van der Waals surface area contributed by atoms with Gasteiger partial charge in [-0.1, -0.05) is 35.9 Å². The second kappa shape index (κ2) is 7.96. The van der Waals surface area contributed by atoms with E-state index in [1.165, 1.54) is 11.6 Å². The molecule has 4 nitrogen and oxygen atoms in total. The summed E-state index contributed by atoms with van der Waals surface area (Å²) in [5.74, 6) is -0.313. The zero-order valence-corrected chi connectivity index (χ0v) is 17.8. The molecule has 1 fully saturated rings. The minimum Gasteiger partial charge on any atom is -0.351 e. The topological polar surface area (TPSA) is 33.1 Å². The highest BCUT2D eigenvalue weighted by atomic mass is 32.1. The Kier molecular flexibility index (Phi) is 5.00. The fraction of sp³-hybridized carbons (Fsp3) is 0.120. The van der Waals surface area contributed by atoms with E-state index in [9.17, 15) is 4.39 Å². The summed E-state index contributed by atoms with van der Waals surface area (Å²) in [6, 6.07) is 24.4. The molecule has 6 heteroatoms. The van der Waals surface area contributed by atoms with Gasteiger partial charge in [-0.2, -0.15) is 0 Å². The van der Waals surface area contributed by atoms with Gasteiger partial charge in [0.1, 0.15) is 11.9 Å². The Morgan fingerprint density at radius 2 is 1.71 bits per heavy atom.